The van der Waals surface area contributed by atoms with Crippen molar-refractivity contribution in [3.05, 3.63) is 17.3 Å². The van der Waals surface area contributed by atoms with E-state index in [0.29, 0.717) is 17.5 Å². The van der Waals surface area contributed by atoms with Gasteiger partial charge in [-0.1, -0.05) is 11.6 Å². The normalized spacial score (nSPS) is 12.6. The first-order chi connectivity index (χ1) is 5.68. The Bertz CT molecular complexity index is 237. The highest BCUT2D eigenvalue weighted by Crippen LogP contribution is 2.05. The van der Waals surface area contributed by atoms with E-state index in [0.717, 1.165) is 0 Å². The third kappa shape index (κ3) is 3.02. The standard InChI is InChI=1S/C7H10ClN3O/c1-5(12)4-9-7-3-2-6(8)10-11-7/h2-3,5,12H,4H2,1H3,(H,9,11)/t5-/m1/s1. The number of nitrogens with one attached hydrogen (secondary N) is 1. The molecular weight excluding hydrogens is 178 g/mol. The summed E-state index contributed by atoms with van der Waals surface area (Å²) in [5.41, 5.74) is 0. The molecule has 1 atom stereocenters. The van der Waals surface area contributed by atoms with Crippen molar-refractivity contribution in [2.75, 3.05) is 11.9 Å². The molecule has 0 fully saturated rings. The van der Waals surface area contributed by atoms with Crippen molar-refractivity contribution in [1.29, 1.82) is 0 Å². The number of aliphatic hydroxyl groups excluding tert-OH is 1. The van der Waals surface area contributed by atoms with Crippen molar-refractivity contribution >= 4 is 17.4 Å². The number of hydrogen-bond donors (Lipinski definition) is 2. The lowest BCUT2D eigenvalue weighted by Gasteiger charge is -2.05. The van der Waals surface area contributed by atoms with Gasteiger partial charge in [0.25, 0.3) is 0 Å². The molecule has 0 saturated heterocycles. The van der Waals surface area contributed by atoms with Gasteiger partial charge in [0.1, 0.15) is 5.82 Å². The van der Waals surface area contributed by atoms with Gasteiger partial charge in [-0.25, -0.2) is 0 Å². The molecule has 0 aromatic carbocycles. The van der Waals surface area contributed by atoms with Gasteiger partial charge in [-0.05, 0) is 19.1 Å². The van der Waals surface area contributed by atoms with Gasteiger partial charge in [-0.2, -0.15) is 0 Å². The predicted molar refractivity (Wildman–Crippen MR) is 47.2 cm³/mol. The molecule has 0 spiro atoms. The molecular formula is C7H10ClN3O. The number of anilines is 1. The Kier molecular flexibility index (Phi) is 3.25. The Morgan fingerprint density at radius 1 is 1.58 bits per heavy atom. The molecule has 0 unspecified atom stereocenters. The molecule has 0 aliphatic carbocycles. The summed E-state index contributed by atoms with van der Waals surface area (Å²) < 4.78 is 0. The van der Waals surface area contributed by atoms with Crippen LogP contribution in [0.2, 0.25) is 5.15 Å². The van der Waals surface area contributed by atoms with Crippen LogP contribution in [-0.4, -0.2) is 28.0 Å². The van der Waals surface area contributed by atoms with Crippen molar-refractivity contribution in [2.45, 2.75) is 13.0 Å². The van der Waals surface area contributed by atoms with E-state index in [1.807, 2.05) is 0 Å². The average molecular weight is 188 g/mol. The Labute approximate surface area is 75.6 Å². The minimum atomic E-state index is -0.400. The highest BCUT2D eigenvalue weighted by Gasteiger charge is 1.97. The molecule has 0 aliphatic rings. The van der Waals surface area contributed by atoms with E-state index in [1.165, 1.54) is 0 Å². The van der Waals surface area contributed by atoms with Gasteiger partial charge < -0.3 is 10.4 Å². The van der Waals surface area contributed by atoms with E-state index in [-0.39, 0.29) is 0 Å². The first kappa shape index (κ1) is 9.22. The molecule has 1 aromatic heterocycles. The minimum Gasteiger partial charge on any atom is -0.392 e. The van der Waals surface area contributed by atoms with Crippen molar-refractivity contribution in [3.8, 4) is 0 Å². The van der Waals surface area contributed by atoms with Crippen LogP contribution in [0.4, 0.5) is 5.82 Å². The van der Waals surface area contributed by atoms with Gasteiger partial charge in [0.15, 0.2) is 5.15 Å². The van der Waals surface area contributed by atoms with E-state index in [2.05, 4.69) is 15.5 Å². The van der Waals surface area contributed by atoms with Crippen LogP contribution in [0.15, 0.2) is 12.1 Å². The number of rotatable bonds is 3. The van der Waals surface area contributed by atoms with Crippen LogP contribution in [0.3, 0.4) is 0 Å². The zero-order chi connectivity index (χ0) is 8.97. The lowest BCUT2D eigenvalue weighted by molar-refractivity contribution is 0.208. The van der Waals surface area contributed by atoms with Gasteiger partial charge in [0, 0.05) is 6.54 Å². The SMILES string of the molecule is C[C@@H](O)CNc1ccc(Cl)nn1. The topological polar surface area (TPSA) is 58.0 Å². The predicted octanol–water partition coefficient (Wildman–Crippen LogP) is 0.923. The average Bonchev–Trinajstić information content (AvgIpc) is 2.03. The second kappa shape index (κ2) is 4.23. The molecule has 1 heterocycles. The number of halogens is 1. The lowest BCUT2D eigenvalue weighted by Crippen LogP contribution is -2.16. The van der Waals surface area contributed by atoms with Crippen molar-refractivity contribution < 1.29 is 5.11 Å². The molecule has 0 saturated carbocycles. The summed E-state index contributed by atoms with van der Waals surface area (Å²) in [6.07, 6.45) is -0.400. The maximum Gasteiger partial charge on any atom is 0.151 e. The van der Waals surface area contributed by atoms with E-state index >= 15 is 0 Å². The fourth-order valence-electron chi connectivity index (χ4n) is 0.663. The summed E-state index contributed by atoms with van der Waals surface area (Å²) in [7, 11) is 0. The van der Waals surface area contributed by atoms with E-state index < -0.39 is 6.10 Å². The summed E-state index contributed by atoms with van der Waals surface area (Å²) in [6, 6.07) is 3.34. The molecule has 12 heavy (non-hydrogen) atoms. The van der Waals surface area contributed by atoms with Crippen LogP contribution in [0.1, 0.15) is 6.92 Å². The Morgan fingerprint density at radius 3 is 2.83 bits per heavy atom. The third-order valence-corrected chi connectivity index (χ3v) is 1.41. The molecule has 0 radical (unpaired) electrons. The van der Waals surface area contributed by atoms with Crippen LogP contribution >= 0.6 is 11.6 Å². The number of nitrogens with zero attached hydrogens (tertiary/aromatic N) is 2. The molecule has 1 aromatic rings. The summed E-state index contributed by atoms with van der Waals surface area (Å²) in [5, 5.41) is 19.6. The second-order valence-electron chi connectivity index (χ2n) is 2.47. The van der Waals surface area contributed by atoms with Gasteiger partial charge in [-0.3, -0.25) is 0 Å². The summed E-state index contributed by atoms with van der Waals surface area (Å²) in [6.45, 7) is 2.15. The molecule has 4 nitrogen and oxygen atoms in total. The van der Waals surface area contributed by atoms with Crippen molar-refractivity contribution in [2.24, 2.45) is 0 Å². The fraction of sp³-hybridized carbons (Fsp3) is 0.429. The zero-order valence-corrected chi connectivity index (χ0v) is 7.41. The first-order valence-electron chi connectivity index (χ1n) is 3.59. The van der Waals surface area contributed by atoms with Gasteiger partial charge in [0.2, 0.25) is 0 Å². The first-order valence-corrected chi connectivity index (χ1v) is 3.97. The maximum atomic E-state index is 8.93. The highest BCUT2D eigenvalue weighted by molar-refractivity contribution is 6.29. The molecule has 1 rings (SSSR count). The monoisotopic (exact) mass is 187 g/mol. The van der Waals surface area contributed by atoms with Crippen molar-refractivity contribution in [3.63, 3.8) is 0 Å². The van der Waals surface area contributed by atoms with E-state index in [4.69, 9.17) is 16.7 Å². The van der Waals surface area contributed by atoms with Crippen LogP contribution < -0.4 is 5.32 Å². The van der Waals surface area contributed by atoms with Gasteiger partial charge >= 0.3 is 0 Å². The molecule has 0 aliphatic heterocycles. The highest BCUT2D eigenvalue weighted by atomic mass is 35.5. The largest absolute Gasteiger partial charge is 0.392 e. The Balaban J connectivity index is 2.48. The third-order valence-electron chi connectivity index (χ3n) is 1.21. The summed E-state index contributed by atoms with van der Waals surface area (Å²) in [4.78, 5) is 0. The van der Waals surface area contributed by atoms with Crippen LogP contribution in [0.5, 0.6) is 0 Å². The number of aromatic nitrogens is 2. The van der Waals surface area contributed by atoms with Gasteiger partial charge in [-0.15, -0.1) is 10.2 Å². The maximum absolute atomic E-state index is 8.93. The molecule has 2 N–H and O–H groups in total. The van der Waals surface area contributed by atoms with Gasteiger partial charge in [0.05, 0.1) is 6.10 Å². The fourth-order valence-corrected chi connectivity index (χ4v) is 0.763. The van der Waals surface area contributed by atoms with E-state index in [1.54, 1.807) is 19.1 Å². The van der Waals surface area contributed by atoms with E-state index in [9.17, 15) is 0 Å². The molecule has 0 amide bonds. The number of aliphatic hydroxyl groups is 1. The summed E-state index contributed by atoms with van der Waals surface area (Å²) >= 11 is 5.52. The lowest BCUT2D eigenvalue weighted by atomic mass is 10.4. The van der Waals surface area contributed by atoms with Crippen LogP contribution in [-0.2, 0) is 0 Å². The zero-order valence-electron chi connectivity index (χ0n) is 6.66. The quantitative estimate of drug-likeness (QED) is 0.739. The summed E-state index contributed by atoms with van der Waals surface area (Å²) in [5.74, 6) is 0.611. The smallest absolute Gasteiger partial charge is 0.151 e. The second-order valence-corrected chi connectivity index (χ2v) is 2.86. The van der Waals surface area contributed by atoms with Crippen LogP contribution in [0, 0.1) is 0 Å². The minimum absolute atomic E-state index is 0.359. The van der Waals surface area contributed by atoms with Crippen molar-refractivity contribution in [1.82, 2.24) is 10.2 Å². The van der Waals surface area contributed by atoms with Crippen LogP contribution in [0.25, 0.3) is 0 Å². The molecule has 0 bridgehead atoms. The Morgan fingerprint density at radius 2 is 2.33 bits per heavy atom. The molecule has 5 heteroatoms. The number of hydrogen-bond acceptors (Lipinski definition) is 4. The molecule has 66 valence electrons. The Hall–Kier alpha value is -0.870.